The summed E-state index contributed by atoms with van der Waals surface area (Å²) in [6.45, 7) is 4.03. The first-order valence-electron chi connectivity index (χ1n) is 7.02. The molecule has 0 amide bonds. The second kappa shape index (κ2) is 5.63. The maximum absolute atomic E-state index is 11.3. The highest BCUT2D eigenvalue weighted by Crippen LogP contribution is 2.27. The van der Waals surface area contributed by atoms with E-state index in [4.69, 9.17) is 0 Å². The maximum Gasteiger partial charge on any atom is 0.341 e. The molecule has 2 N–H and O–H groups in total. The van der Waals surface area contributed by atoms with E-state index in [0.717, 1.165) is 18.8 Å². The Hall–Kier alpha value is -1.52. The van der Waals surface area contributed by atoms with E-state index < -0.39 is 5.97 Å². The number of carboxylic acids is 1. The molecule has 0 radical (unpaired) electrons. The van der Waals surface area contributed by atoms with Crippen LogP contribution in [0.15, 0.2) is 0 Å². The van der Waals surface area contributed by atoms with Gasteiger partial charge in [-0.15, -0.1) is 0 Å². The number of hydrogen-bond acceptors (Lipinski definition) is 3. The smallest absolute Gasteiger partial charge is 0.341 e. The zero-order valence-corrected chi connectivity index (χ0v) is 11.9. The third-order valence-electron chi connectivity index (χ3n) is 4.03. The normalized spacial score (nSPS) is 23.9. The molecule has 1 aliphatic carbocycles. The molecule has 2 rings (SSSR count). The van der Waals surface area contributed by atoms with Crippen LogP contribution in [0.4, 0.5) is 5.82 Å². The summed E-state index contributed by atoms with van der Waals surface area (Å²) in [4.78, 5) is 11.3. The third kappa shape index (κ3) is 3.08. The van der Waals surface area contributed by atoms with Crippen LogP contribution in [0.2, 0.25) is 0 Å². The molecule has 0 aromatic carbocycles. The van der Waals surface area contributed by atoms with Gasteiger partial charge in [0.05, 0.1) is 5.69 Å². The van der Waals surface area contributed by atoms with Gasteiger partial charge in [-0.2, -0.15) is 5.10 Å². The molecule has 0 saturated heterocycles. The van der Waals surface area contributed by atoms with Crippen LogP contribution in [-0.4, -0.2) is 26.9 Å². The Bertz CT molecular complexity index is 468. The summed E-state index contributed by atoms with van der Waals surface area (Å²) in [5.41, 5.74) is 0.874. The first kappa shape index (κ1) is 13.9. The summed E-state index contributed by atoms with van der Waals surface area (Å²) in [6.07, 6.45) is 5.89. The summed E-state index contributed by atoms with van der Waals surface area (Å²) in [7, 11) is 1.79. The minimum atomic E-state index is -0.907. The van der Waals surface area contributed by atoms with E-state index in [9.17, 15) is 9.90 Å². The lowest BCUT2D eigenvalue weighted by Gasteiger charge is -2.18. The lowest BCUT2D eigenvalue weighted by molar-refractivity contribution is 0.0697. The van der Waals surface area contributed by atoms with E-state index in [1.807, 2.05) is 0 Å². The number of rotatable bonds is 3. The van der Waals surface area contributed by atoms with Crippen LogP contribution in [0.25, 0.3) is 0 Å². The van der Waals surface area contributed by atoms with Crippen molar-refractivity contribution in [3.05, 3.63) is 11.3 Å². The number of carbonyl (C=O) groups is 1. The van der Waals surface area contributed by atoms with E-state index in [1.165, 1.54) is 19.3 Å². The molecular weight excluding hydrogens is 242 g/mol. The lowest BCUT2D eigenvalue weighted by atomic mass is 10.0. The van der Waals surface area contributed by atoms with Crippen molar-refractivity contribution >= 4 is 11.8 Å². The maximum atomic E-state index is 11.3. The number of anilines is 1. The molecule has 19 heavy (non-hydrogen) atoms. The summed E-state index contributed by atoms with van der Waals surface area (Å²) in [5.74, 6) is 0.513. The van der Waals surface area contributed by atoms with E-state index >= 15 is 0 Å². The highest BCUT2D eigenvalue weighted by Gasteiger charge is 2.23. The minimum absolute atomic E-state index is 0.305. The fraction of sp³-hybridized carbons (Fsp3) is 0.714. The zero-order valence-electron chi connectivity index (χ0n) is 11.9. The Balaban J connectivity index is 2.16. The second-order valence-corrected chi connectivity index (χ2v) is 5.69. The number of aromatic nitrogens is 2. The molecule has 106 valence electrons. The number of aromatic carboxylic acids is 1. The molecule has 1 heterocycles. The predicted molar refractivity (Wildman–Crippen MR) is 74.6 cm³/mol. The van der Waals surface area contributed by atoms with E-state index in [1.54, 1.807) is 18.7 Å². The average Bonchev–Trinajstić information content (AvgIpc) is 2.48. The first-order valence-corrected chi connectivity index (χ1v) is 7.02. The van der Waals surface area contributed by atoms with Crippen molar-refractivity contribution in [1.82, 2.24) is 9.78 Å². The lowest BCUT2D eigenvalue weighted by Crippen LogP contribution is -2.21. The Morgan fingerprint density at radius 1 is 1.37 bits per heavy atom. The van der Waals surface area contributed by atoms with Crippen LogP contribution in [0.3, 0.4) is 0 Å². The van der Waals surface area contributed by atoms with Gasteiger partial charge >= 0.3 is 5.97 Å². The molecule has 1 aliphatic rings. The van der Waals surface area contributed by atoms with Crippen molar-refractivity contribution in [3.63, 3.8) is 0 Å². The molecule has 2 atom stereocenters. The largest absolute Gasteiger partial charge is 0.477 e. The van der Waals surface area contributed by atoms with Crippen molar-refractivity contribution in [2.75, 3.05) is 5.32 Å². The van der Waals surface area contributed by atoms with Crippen molar-refractivity contribution < 1.29 is 9.90 Å². The second-order valence-electron chi connectivity index (χ2n) is 5.69. The Morgan fingerprint density at radius 2 is 2.11 bits per heavy atom. The first-order chi connectivity index (χ1) is 8.99. The molecule has 5 heteroatoms. The minimum Gasteiger partial charge on any atom is -0.477 e. The van der Waals surface area contributed by atoms with Gasteiger partial charge in [0.2, 0.25) is 0 Å². The fourth-order valence-electron chi connectivity index (χ4n) is 2.90. The summed E-state index contributed by atoms with van der Waals surface area (Å²) in [5, 5.41) is 16.9. The number of aryl methyl sites for hydroxylation is 2. The molecule has 0 bridgehead atoms. The van der Waals surface area contributed by atoms with E-state index in [2.05, 4.69) is 17.3 Å². The summed E-state index contributed by atoms with van der Waals surface area (Å²) < 4.78 is 1.65. The predicted octanol–water partition coefficient (Wildman–Crippen LogP) is 2.81. The highest BCUT2D eigenvalue weighted by atomic mass is 16.4. The standard InChI is InChI=1S/C14H23N3O2/c1-9-5-4-6-11(8-7-9)15-13-12(14(18)19)10(2)16-17(13)3/h9,11,15H,4-8H2,1-3H3,(H,18,19). The van der Waals surface area contributed by atoms with Crippen LogP contribution in [-0.2, 0) is 7.05 Å². The monoisotopic (exact) mass is 265 g/mol. The van der Waals surface area contributed by atoms with Crippen LogP contribution in [0.5, 0.6) is 0 Å². The number of nitrogens with zero attached hydrogens (tertiary/aromatic N) is 2. The fourth-order valence-corrected chi connectivity index (χ4v) is 2.90. The molecule has 0 aliphatic heterocycles. The molecule has 0 spiro atoms. The van der Waals surface area contributed by atoms with Gasteiger partial charge in [-0.25, -0.2) is 4.79 Å². The van der Waals surface area contributed by atoms with Crippen LogP contribution >= 0.6 is 0 Å². The van der Waals surface area contributed by atoms with Gasteiger partial charge in [-0.05, 0) is 32.1 Å². The molecule has 1 aromatic heterocycles. The summed E-state index contributed by atoms with van der Waals surface area (Å²) in [6, 6.07) is 0.359. The molecule has 1 fully saturated rings. The van der Waals surface area contributed by atoms with Crippen LogP contribution in [0, 0.1) is 12.8 Å². The van der Waals surface area contributed by atoms with Crippen LogP contribution < -0.4 is 5.32 Å². The van der Waals surface area contributed by atoms with E-state index in [0.29, 0.717) is 23.1 Å². The van der Waals surface area contributed by atoms with Gasteiger partial charge in [0.1, 0.15) is 11.4 Å². The van der Waals surface area contributed by atoms with E-state index in [-0.39, 0.29) is 0 Å². The SMILES string of the molecule is Cc1nn(C)c(NC2CCCC(C)CC2)c1C(=O)O. The topological polar surface area (TPSA) is 67.2 Å². The van der Waals surface area contributed by atoms with Gasteiger partial charge in [-0.1, -0.05) is 19.8 Å². The Labute approximate surface area is 114 Å². The van der Waals surface area contributed by atoms with Crippen molar-refractivity contribution in [2.24, 2.45) is 13.0 Å². The van der Waals surface area contributed by atoms with Crippen LogP contribution in [0.1, 0.15) is 55.1 Å². The van der Waals surface area contributed by atoms with Crippen molar-refractivity contribution in [3.8, 4) is 0 Å². The molecule has 1 aromatic rings. The van der Waals surface area contributed by atoms with Gasteiger partial charge in [-0.3, -0.25) is 4.68 Å². The van der Waals surface area contributed by atoms with Crippen molar-refractivity contribution in [1.29, 1.82) is 0 Å². The average molecular weight is 265 g/mol. The number of nitrogens with one attached hydrogen (secondary N) is 1. The number of hydrogen-bond donors (Lipinski definition) is 2. The molecule has 1 saturated carbocycles. The summed E-state index contributed by atoms with van der Waals surface area (Å²) >= 11 is 0. The van der Waals surface area contributed by atoms with Gasteiger partial charge in [0.15, 0.2) is 0 Å². The van der Waals surface area contributed by atoms with Gasteiger partial charge in [0.25, 0.3) is 0 Å². The number of carboxylic acid groups (broad SMARTS) is 1. The Morgan fingerprint density at radius 3 is 2.79 bits per heavy atom. The third-order valence-corrected chi connectivity index (χ3v) is 4.03. The van der Waals surface area contributed by atoms with Gasteiger partial charge < -0.3 is 10.4 Å². The Kier molecular flexibility index (Phi) is 4.12. The van der Waals surface area contributed by atoms with Gasteiger partial charge in [0, 0.05) is 13.1 Å². The molecular formula is C14H23N3O2. The highest BCUT2D eigenvalue weighted by molar-refractivity contribution is 5.94. The zero-order chi connectivity index (χ0) is 14.0. The quantitative estimate of drug-likeness (QED) is 0.825. The molecule has 5 nitrogen and oxygen atoms in total. The molecule has 2 unspecified atom stereocenters. The van der Waals surface area contributed by atoms with Crippen molar-refractivity contribution in [2.45, 2.75) is 52.0 Å².